The van der Waals surface area contributed by atoms with Crippen LogP contribution < -0.4 is 5.32 Å². The molecule has 0 aromatic heterocycles. The molecule has 0 unspecified atom stereocenters. The van der Waals surface area contributed by atoms with Crippen molar-refractivity contribution in [3.8, 4) is 0 Å². The fraction of sp³-hybridized carbons (Fsp3) is 0.174. The third-order valence-corrected chi connectivity index (χ3v) is 4.24. The molecule has 2 heteroatoms. The maximum absolute atomic E-state index is 13.0. The zero-order chi connectivity index (χ0) is 17.9. The zero-order valence-corrected chi connectivity index (χ0v) is 14.9. The van der Waals surface area contributed by atoms with Gasteiger partial charge in [-0.2, -0.15) is 0 Å². The van der Waals surface area contributed by atoms with Crippen LogP contribution >= 0.6 is 0 Å². The highest BCUT2D eigenvalue weighted by molar-refractivity contribution is 6.12. The monoisotopic (exact) mass is 329 g/mol. The summed E-state index contributed by atoms with van der Waals surface area (Å²) in [5.74, 6) is 0.0273. The molecule has 0 saturated carbocycles. The minimum absolute atomic E-state index is 0.0273. The summed E-state index contributed by atoms with van der Waals surface area (Å²) in [6.07, 6.45) is 0. The first-order chi connectivity index (χ1) is 11.9. The third-order valence-electron chi connectivity index (χ3n) is 4.24. The first-order valence-electron chi connectivity index (χ1n) is 8.51. The minimum atomic E-state index is 0.0273. The summed E-state index contributed by atoms with van der Waals surface area (Å²) < 4.78 is 0. The molecule has 0 heterocycles. The minimum Gasteiger partial charge on any atom is -0.355 e. The van der Waals surface area contributed by atoms with E-state index in [4.69, 9.17) is 0 Å². The van der Waals surface area contributed by atoms with Crippen LogP contribution in [-0.4, -0.2) is 5.78 Å². The Bertz CT molecular complexity index is 859. The Morgan fingerprint density at radius 2 is 1.36 bits per heavy atom. The number of hydrogen-bond donors (Lipinski definition) is 1. The van der Waals surface area contributed by atoms with Gasteiger partial charge in [0.15, 0.2) is 5.78 Å². The van der Waals surface area contributed by atoms with E-state index >= 15 is 0 Å². The first kappa shape index (κ1) is 17.0. The fourth-order valence-corrected chi connectivity index (χ4v) is 2.74. The summed E-state index contributed by atoms with van der Waals surface area (Å²) in [6, 6.07) is 25.4. The Balaban J connectivity index is 1.90. The number of nitrogens with one attached hydrogen (secondary N) is 1. The van der Waals surface area contributed by atoms with Gasteiger partial charge in [0, 0.05) is 22.5 Å². The van der Waals surface area contributed by atoms with Crippen LogP contribution in [0.15, 0.2) is 78.9 Å². The molecular weight excluding hydrogens is 306 g/mol. The molecule has 0 fully saturated rings. The number of carbonyl (C=O) groups is 1. The standard InChI is InChI=1S/C23H23NO/c1-23(2,3)18-15-13-17(14-16-18)22(25)20-11-7-8-12-21(20)24-19-9-5-4-6-10-19/h4-16,24H,1-3H3. The van der Waals surface area contributed by atoms with Gasteiger partial charge in [0.05, 0.1) is 0 Å². The SMILES string of the molecule is CC(C)(C)c1ccc(C(=O)c2ccccc2Nc2ccccc2)cc1. The van der Waals surface area contributed by atoms with Crippen molar-refractivity contribution < 1.29 is 4.79 Å². The van der Waals surface area contributed by atoms with Crippen LogP contribution in [0.5, 0.6) is 0 Å². The van der Waals surface area contributed by atoms with E-state index in [1.165, 1.54) is 5.56 Å². The highest BCUT2D eigenvalue weighted by atomic mass is 16.1. The van der Waals surface area contributed by atoms with E-state index in [1.54, 1.807) is 0 Å². The second-order valence-corrected chi connectivity index (χ2v) is 7.19. The van der Waals surface area contributed by atoms with Gasteiger partial charge in [-0.1, -0.05) is 75.4 Å². The molecule has 0 saturated heterocycles. The molecule has 0 amide bonds. The summed E-state index contributed by atoms with van der Waals surface area (Å²) in [5, 5.41) is 3.34. The quantitative estimate of drug-likeness (QED) is 0.598. The average Bonchev–Trinajstić information content (AvgIpc) is 2.62. The number of benzene rings is 3. The molecule has 3 aromatic carbocycles. The molecular formula is C23H23NO. The van der Waals surface area contributed by atoms with Gasteiger partial charge in [0.1, 0.15) is 0 Å². The highest BCUT2D eigenvalue weighted by Crippen LogP contribution is 2.26. The smallest absolute Gasteiger partial charge is 0.195 e. The molecule has 0 aliphatic heterocycles. The van der Waals surface area contributed by atoms with Crippen LogP contribution in [0.3, 0.4) is 0 Å². The predicted molar refractivity (Wildman–Crippen MR) is 105 cm³/mol. The number of para-hydroxylation sites is 2. The summed E-state index contributed by atoms with van der Waals surface area (Å²) in [7, 11) is 0. The molecule has 1 N–H and O–H groups in total. The van der Waals surface area contributed by atoms with Crippen LogP contribution in [0.2, 0.25) is 0 Å². The second-order valence-electron chi connectivity index (χ2n) is 7.19. The highest BCUT2D eigenvalue weighted by Gasteiger charge is 2.16. The normalized spacial score (nSPS) is 11.2. The molecule has 126 valence electrons. The molecule has 0 radical (unpaired) electrons. The van der Waals surface area contributed by atoms with Crippen molar-refractivity contribution >= 4 is 17.2 Å². The maximum atomic E-state index is 13.0. The molecule has 3 aromatic rings. The summed E-state index contributed by atoms with van der Waals surface area (Å²) in [4.78, 5) is 13.0. The molecule has 2 nitrogen and oxygen atoms in total. The van der Waals surface area contributed by atoms with Gasteiger partial charge in [-0.25, -0.2) is 0 Å². The first-order valence-corrected chi connectivity index (χ1v) is 8.51. The van der Waals surface area contributed by atoms with Crippen LogP contribution in [0, 0.1) is 0 Å². The predicted octanol–water partition coefficient (Wildman–Crippen LogP) is 5.96. The van der Waals surface area contributed by atoms with Crippen molar-refractivity contribution in [2.75, 3.05) is 5.32 Å². The van der Waals surface area contributed by atoms with Gasteiger partial charge >= 0.3 is 0 Å². The Morgan fingerprint density at radius 3 is 2.00 bits per heavy atom. The summed E-state index contributed by atoms with van der Waals surface area (Å²) >= 11 is 0. The van der Waals surface area contributed by atoms with Crippen molar-refractivity contribution in [1.29, 1.82) is 0 Å². The number of carbonyl (C=O) groups excluding carboxylic acids is 1. The van der Waals surface area contributed by atoms with Crippen molar-refractivity contribution in [2.24, 2.45) is 0 Å². The van der Waals surface area contributed by atoms with E-state index in [0.717, 1.165) is 11.4 Å². The lowest BCUT2D eigenvalue weighted by atomic mass is 9.86. The van der Waals surface area contributed by atoms with Crippen LogP contribution in [0.4, 0.5) is 11.4 Å². The lowest BCUT2D eigenvalue weighted by molar-refractivity contribution is 0.103. The van der Waals surface area contributed by atoms with Crippen LogP contribution in [0.1, 0.15) is 42.3 Å². The number of anilines is 2. The van der Waals surface area contributed by atoms with Crippen molar-refractivity contribution in [3.63, 3.8) is 0 Å². The van der Waals surface area contributed by atoms with Crippen molar-refractivity contribution in [3.05, 3.63) is 95.6 Å². The maximum Gasteiger partial charge on any atom is 0.195 e. The van der Waals surface area contributed by atoms with Gasteiger partial charge in [-0.3, -0.25) is 4.79 Å². The molecule has 0 aliphatic rings. The number of hydrogen-bond acceptors (Lipinski definition) is 2. The lowest BCUT2D eigenvalue weighted by Crippen LogP contribution is -2.11. The fourth-order valence-electron chi connectivity index (χ4n) is 2.74. The van der Waals surface area contributed by atoms with Gasteiger partial charge in [0.2, 0.25) is 0 Å². The van der Waals surface area contributed by atoms with Crippen molar-refractivity contribution in [2.45, 2.75) is 26.2 Å². The van der Waals surface area contributed by atoms with Gasteiger partial charge in [-0.15, -0.1) is 0 Å². The number of rotatable bonds is 4. The van der Waals surface area contributed by atoms with E-state index in [1.807, 2.05) is 78.9 Å². The lowest BCUT2D eigenvalue weighted by Gasteiger charge is -2.19. The summed E-state index contributed by atoms with van der Waals surface area (Å²) in [6.45, 7) is 6.51. The van der Waals surface area contributed by atoms with E-state index in [9.17, 15) is 4.79 Å². The third kappa shape index (κ3) is 3.97. The molecule has 0 bridgehead atoms. The van der Waals surface area contributed by atoms with E-state index in [0.29, 0.717) is 11.1 Å². The van der Waals surface area contributed by atoms with E-state index in [2.05, 4.69) is 26.1 Å². The average molecular weight is 329 g/mol. The molecule has 0 aliphatic carbocycles. The second kappa shape index (κ2) is 6.94. The van der Waals surface area contributed by atoms with Gasteiger partial charge in [0.25, 0.3) is 0 Å². The van der Waals surface area contributed by atoms with E-state index < -0.39 is 0 Å². The molecule has 3 rings (SSSR count). The van der Waals surface area contributed by atoms with Crippen molar-refractivity contribution in [1.82, 2.24) is 0 Å². The Kier molecular flexibility index (Phi) is 4.71. The Hall–Kier alpha value is -2.87. The molecule has 0 spiro atoms. The summed E-state index contributed by atoms with van der Waals surface area (Å²) in [5.41, 5.74) is 4.46. The largest absolute Gasteiger partial charge is 0.355 e. The van der Waals surface area contributed by atoms with Crippen LogP contribution in [-0.2, 0) is 5.41 Å². The topological polar surface area (TPSA) is 29.1 Å². The molecule has 25 heavy (non-hydrogen) atoms. The van der Waals surface area contributed by atoms with Gasteiger partial charge < -0.3 is 5.32 Å². The Morgan fingerprint density at radius 1 is 0.760 bits per heavy atom. The Labute approximate surface area is 149 Å². The molecule has 0 atom stereocenters. The zero-order valence-electron chi connectivity index (χ0n) is 14.9. The number of ketones is 1. The van der Waals surface area contributed by atoms with E-state index in [-0.39, 0.29) is 11.2 Å². The van der Waals surface area contributed by atoms with Crippen LogP contribution in [0.25, 0.3) is 0 Å². The van der Waals surface area contributed by atoms with Gasteiger partial charge in [-0.05, 0) is 35.2 Å².